The summed E-state index contributed by atoms with van der Waals surface area (Å²) in [6.45, 7) is 4.19. The summed E-state index contributed by atoms with van der Waals surface area (Å²) in [6.07, 6.45) is 6.76. The van der Waals surface area contributed by atoms with E-state index < -0.39 is 5.41 Å². The minimum absolute atomic E-state index is 0.0343. The van der Waals surface area contributed by atoms with Gasteiger partial charge in [0.2, 0.25) is 5.91 Å². The molecule has 2 amide bonds. The van der Waals surface area contributed by atoms with Crippen LogP contribution in [0.1, 0.15) is 47.4 Å². The molecule has 11 heteroatoms. The zero-order chi connectivity index (χ0) is 27.9. The number of ether oxygens (including phenoxy) is 1. The highest BCUT2D eigenvalue weighted by Gasteiger charge is 2.44. The second kappa shape index (κ2) is 10.1. The van der Waals surface area contributed by atoms with Gasteiger partial charge >= 0.3 is 0 Å². The number of nitrogen functional groups attached to an aromatic ring is 1. The van der Waals surface area contributed by atoms with Gasteiger partial charge in [0.15, 0.2) is 0 Å². The Morgan fingerprint density at radius 1 is 1.18 bits per heavy atom. The molecule has 202 valence electrons. The van der Waals surface area contributed by atoms with Crippen molar-refractivity contribution in [1.82, 2.24) is 24.3 Å². The van der Waals surface area contributed by atoms with Crippen molar-refractivity contribution in [2.75, 3.05) is 37.4 Å². The number of nitrogens with zero attached hydrogens (tertiary/aromatic N) is 6. The number of nitrogens with two attached hydrogens (primary N) is 1. The number of fused-ring (bicyclic) bond motifs is 1. The highest BCUT2D eigenvalue weighted by Crippen LogP contribution is 2.36. The first-order valence-electron chi connectivity index (χ1n) is 13.1. The van der Waals surface area contributed by atoms with Gasteiger partial charge in [0.25, 0.3) is 5.91 Å². The molecule has 1 unspecified atom stereocenters. The molecule has 0 aliphatic carbocycles. The molecule has 2 fully saturated rings. The predicted octanol–water partition coefficient (Wildman–Crippen LogP) is 3.24. The molecular weight excluding hydrogens is 508 g/mol. The number of aromatic nitrogens is 4. The largest absolute Gasteiger partial charge is 0.382 e. The highest BCUT2D eigenvalue weighted by molar-refractivity contribution is 6.04. The van der Waals surface area contributed by atoms with Crippen LogP contribution in [-0.4, -0.2) is 62.4 Å². The number of hydrogen-bond acceptors (Lipinski definition) is 8. The van der Waals surface area contributed by atoms with Crippen molar-refractivity contribution in [1.29, 1.82) is 5.26 Å². The molecule has 11 nitrogen and oxygen atoms in total. The van der Waals surface area contributed by atoms with Crippen LogP contribution in [0.4, 0.5) is 11.6 Å². The molecule has 0 saturated carbocycles. The maximum Gasteiger partial charge on any atom is 0.256 e. The Labute approximate surface area is 230 Å². The number of carbonyl (C=O) groups is 2. The third-order valence-corrected chi connectivity index (χ3v) is 7.59. The van der Waals surface area contributed by atoms with E-state index in [1.165, 1.54) is 12.3 Å². The fourth-order valence-corrected chi connectivity index (χ4v) is 5.40. The Morgan fingerprint density at radius 2 is 1.98 bits per heavy atom. The Bertz CT molecular complexity index is 1650. The number of hydrogen-bond donors (Lipinski definition) is 2. The van der Waals surface area contributed by atoms with E-state index in [2.05, 4.69) is 15.3 Å². The number of anilines is 2. The minimum atomic E-state index is -0.446. The molecular formula is C29H28N8O3. The summed E-state index contributed by atoms with van der Waals surface area (Å²) in [6, 6.07) is 12.2. The van der Waals surface area contributed by atoms with Crippen LogP contribution in [0.2, 0.25) is 0 Å². The van der Waals surface area contributed by atoms with Gasteiger partial charge in [0.1, 0.15) is 28.7 Å². The number of rotatable bonds is 5. The molecule has 2 saturated heterocycles. The predicted molar refractivity (Wildman–Crippen MR) is 147 cm³/mol. The van der Waals surface area contributed by atoms with Gasteiger partial charge in [-0.2, -0.15) is 5.26 Å². The average molecular weight is 537 g/mol. The maximum absolute atomic E-state index is 13.2. The zero-order valence-corrected chi connectivity index (χ0v) is 22.0. The van der Waals surface area contributed by atoms with E-state index in [1.807, 2.05) is 40.6 Å². The van der Waals surface area contributed by atoms with E-state index >= 15 is 0 Å². The smallest absolute Gasteiger partial charge is 0.256 e. The van der Waals surface area contributed by atoms with Crippen LogP contribution >= 0.6 is 0 Å². The Balaban J connectivity index is 1.28. The molecule has 2 aliphatic heterocycles. The molecule has 1 aromatic carbocycles. The third kappa shape index (κ3) is 4.52. The van der Waals surface area contributed by atoms with Crippen molar-refractivity contribution in [2.24, 2.45) is 5.41 Å². The van der Waals surface area contributed by atoms with Crippen molar-refractivity contribution in [3.05, 3.63) is 71.9 Å². The lowest BCUT2D eigenvalue weighted by atomic mass is 9.85. The van der Waals surface area contributed by atoms with Gasteiger partial charge in [-0.3, -0.25) is 14.0 Å². The molecule has 4 aromatic rings. The molecule has 0 bridgehead atoms. The van der Waals surface area contributed by atoms with Crippen molar-refractivity contribution >= 4 is 29.0 Å². The van der Waals surface area contributed by atoms with Crippen molar-refractivity contribution in [3.63, 3.8) is 0 Å². The lowest BCUT2D eigenvalue weighted by Gasteiger charge is -2.42. The summed E-state index contributed by atoms with van der Waals surface area (Å²) in [4.78, 5) is 41.4. The summed E-state index contributed by atoms with van der Waals surface area (Å²) in [7, 11) is 0. The van der Waals surface area contributed by atoms with E-state index in [-0.39, 0.29) is 17.7 Å². The van der Waals surface area contributed by atoms with Crippen molar-refractivity contribution in [3.8, 4) is 17.3 Å². The zero-order valence-electron chi connectivity index (χ0n) is 22.0. The Hall–Kier alpha value is -4.82. The van der Waals surface area contributed by atoms with E-state index in [4.69, 9.17) is 20.7 Å². The number of amides is 2. The van der Waals surface area contributed by atoms with Gasteiger partial charge in [0.05, 0.1) is 30.3 Å². The molecule has 3 aromatic heterocycles. The quantitative estimate of drug-likeness (QED) is 0.394. The van der Waals surface area contributed by atoms with E-state index in [0.29, 0.717) is 53.7 Å². The summed E-state index contributed by atoms with van der Waals surface area (Å²) in [5.41, 5.74) is 8.87. The Morgan fingerprint density at radius 3 is 2.70 bits per heavy atom. The Kier molecular flexibility index (Phi) is 6.40. The summed E-state index contributed by atoms with van der Waals surface area (Å²) < 4.78 is 7.29. The maximum atomic E-state index is 13.2. The first-order valence-corrected chi connectivity index (χ1v) is 13.1. The van der Waals surface area contributed by atoms with Crippen LogP contribution in [-0.2, 0) is 9.53 Å². The first kappa shape index (κ1) is 25.5. The average Bonchev–Trinajstić information content (AvgIpc) is 3.37. The lowest BCUT2D eigenvalue weighted by molar-refractivity contribution is -0.169. The number of imidazole rings is 1. The molecule has 3 N–H and O–H groups in total. The summed E-state index contributed by atoms with van der Waals surface area (Å²) in [5.74, 6) is 1.31. The monoisotopic (exact) mass is 536 g/mol. The van der Waals surface area contributed by atoms with Crippen LogP contribution in [0.5, 0.6) is 0 Å². The van der Waals surface area contributed by atoms with Gasteiger partial charge in [0, 0.05) is 48.7 Å². The standard InChI is InChI=1S/C29H28N8O3/c1-29(16-40-17-29)28(39)36-11-2-3-21(15-36)26-35-23(24-25(31)33-10-12-37(24)26)19-4-6-20(7-5-19)27(38)34-22-13-18(14-30)8-9-32-22/h4-10,12-13,21H,2-3,11,15-17H2,1H3,(H2,31,33)(H,32,34,38). The van der Waals surface area contributed by atoms with Gasteiger partial charge in [-0.15, -0.1) is 0 Å². The number of nitrogens with one attached hydrogen (secondary N) is 1. The number of likely N-dealkylation sites (tertiary alicyclic amines) is 1. The van der Waals surface area contributed by atoms with Crippen LogP contribution in [0, 0.1) is 16.7 Å². The van der Waals surface area contributed by atoms with Crippen molar-refractivity contribution < 1.29 is 14.3 Å². The number of benzene rings is 1. The fraction of sp³-hybridized carbons (Fsp3) is 0.310. The van der Waals surface area contributed by atoms with Gasteiger partial charge in [-0.1, -0.05) is 12.1 Å². The normalized spacial score (nSPS) is 18.1. The highest BCUT2D eigenvalue weighted by atomic mass is 16.5. The van der Waals surface area contributed by atoms with Gasteiger partial charge in [-0.05, 0) is 44.0 Å². The number of carbonyl (C=O) groups excluding carboxylic acids is 2. The summed E-state index contributed by atoms with van der Waals surface area (Å²) in [5, 5.41) is 11.8. The van der Waals surface area contributed by atoms with E-state index in [1.54, 1.807) is 24.4 Å². The molecule has 2 aliphatic rings. The minimum Gasteiger partial charge on any atom is -0.382 e. The summed E-state index contributed by atoms with van der Waals surface area (Å²) >= 11 is 0. The van der Waals surface area contributed by atoms with E-state index in [9.17, 15) is 9.59 Å². The van der Waals surface area contributed by atoms with Gasteiger partial charge < -0.3 is 20.7 Å². The van der Waals surface area contributed by atoms with Crippen LogP contribution in [0.25, 0.3) is 16.8 Å². The molecule has 5 heterocycles. The first-order chi connectivity index (χ1) is 19.4. The number of nitriles is 1. The SMILES string of the molecule is CC1(C(=O)N2CCCC(c3nc(-c4ccc(C(=O)Nc5cc(C#N)ccn5)cc4)c4c(N)nccn34)C2)COC1. The second-order valence-electron chi connectivity index (χ2n) is 10.6. The van der Waals surface area contributed by atoms with Crippen LogP contribution < -0.4 is 11.1 Å². The third-order valence-electron chi connectivity index (χ3n) is 7.59. The lowest BCUT2D eigenvalue weighted by Crippen LogP contribution is -2.55. The number of pyridine rings is 1. The molecule has 1 atom stereocenters. The van der Waals surface area contributed by atoms with Crippen molar-refractivity contribution in [2.45, 2.75) is 25.7 Å². The topological polar surface area (TPSA) is 152 Å². The van der Waals surface area contributed by atoms with E-state index in [0.717, 1.165) is 30.8 Å². The van der Waals surface area contributed by atoms with Gasteiger partial charge in [-0.25, -0.2) is 15.0 Å². The van der Waals surface area contributed by atoms with Crippen LogP contribution in [0.3, 0.4) is 0 Å². The number of piperidine rings is 1. The van der Waals surface area contributed by atoms with Crippen LogP contribution in [0.15, 0.2) is 55.0 Å². The molecule has 0 radical (unpaired) electrons. The molecule has 0 spiro atoms. The molecule has 6 rings (SSSR count). The molecule has 40 heavy (non-hydrogen) atoms. The second-order valence-corrected chi connectivity index (χ2v) is 10.6. The fourth-order valence-electron chi connectivity index (χ4n) is 5.40.